The van der Waals surface area contributed by atoms with E-state index in [9.17, 15) is 33.9 Å². The summed E-state index contributed by atoms with van der Waals surface area (Å²) in [7, 11) is 0. The smallest absolute Gasteiger partial charge is 0.326 e. The van der Waals surface area contributed by atoms with Crippen molar-refractivity contribution in [3.05, 3.63) is 35.9 Å². The van der Waals surface area contributed by atoms with Gasteiger partial charge in [0.25, 0.3) is 0 Å². The van der Waals surface area contributed by atoms with E-state index in [1.807, 2.05) is 0 Å². The number of nitrogens with two attached hydrogens (primary N) is 3. The maximum absolute atomic E-state index is 13.2. The lowest BCUT2D eigenvalue weighted by molar-refractivity contribution is -0.143. The van der Waals surface area contributed by atoms with Crippen LogP contribution in [0.15, 0.2) is 30.3 Å². The van der Waals surface area contributed by atoms with Gasteiger partial charge in [0, 0.05) is 12.8 Å². The van der Waals surface area contributed by atoms with Crippen LogP contribution in [0, 0.1) is 0 Å². The van der Waals surface area contributed by atoms with Crippen molar-refractivity contribution in [3.8, 4) is 0 Å². The topological polar surface area (TPSA) is 257 Å². The van der Waals surface area contributed by atoms with Crippen LogP contribution in [0.2, 0.25) is 0 Å². The molecule has 1 rings (SSSR count). The Morgan fingerprint density at radius 1 is 0.789 bits per heavy atom. The normalized spacial score (nSPS) is 13.8. The average molecular weight is 537 g/mol. The van der Waals surface area contributed by atoms with E-state index in [-0.39, 0.29) is 6.42 Å². The van der Waals surface area contributed by atoms with Crippen LogP contribution in [0.3, 0.4) is 0 Å². The predicted octanol–water partition coefficient (Wildman–Crippen LogP) is -2.04. The summed E-state index contributed by atoms with van der Waals surface area (Å²) in [6.45, 7) is 0.440. The van der Waals surface area contributed by atoms with Crippen LogP contribution < -0.4 is 33.2 Å². The number of aliphatic carboxylic acids is 2. The minimum Gasteiger partial charge on any atom is -0.481 e. The van der Waals surface area contributed by atoms with Crippen LogP contribution in [0.1, 0.15) is 44.1 Å². The monoisotopic (exact) mass is 536 g/mol. The summed E-state index contributed by atoms with van der Waals surface area (Å²) in [6.07, 6.45) is -0.00901. The Labute approximate surface area is 219 Å². The van der Waals surface area contributed by atoms with Crippen molar-refractivity contribution >= 4 is 35.6 Å². The molecule has 0 aliphatic carbocycles. The van der Waals surface area contributed by atoms with Gasteiger partial charge >= 0.3 is 11.9 Å². The van der Waals surface area contributed by atoms with Crippen molar-refractivity contribution in [1.29, 1.82) is 0 Å². The molecule has 210 valence electrons. The number of carboxylic acids is 2. The molecule has 4 unspecified atom stereocenters. The Morgan fingerprint density at radius 3 is 1.92 bits per heavy atom. The highest BCUT2D eigenvalue weighted by atomic mass is 16.4. The summed E-state index contributed by atoms with van der Waals surface area (Å²) in [4.78, 5) is 72.5. The van der Waals surface area contributed by atoms with Gasteiger partial charge in [0.15, 0.2) is 0 Å². The minimum atomic E-state index is -1.59. The molecule has 4 atom stereocenters. The van der Waals surface area contributed by atoms with E-state index in [4.69, 9.17) is 22.3 Å². The number of benzene rings is 1. The summed E-state index contributed by atoms with van der Waals surface area (Å²) < 4.78 is 0. The van der Waals surface area contributed by atoms with E-state index in [1.54, 1.807) is 30.3 Å². The maximum Gasteiger partial charge on any atom is 0.326 e. The summed E-state index contributed by atoms with van der Waals surface area (Å²) in [5.41, 5.74) is 17.3. The van der Waals surface area contributed by atoms with Gasteiger partial charge in [-0.3, -0.25) is 24.0 Å². The first kappa shape index (κ1) is 32.0. The summed E-state index contributed by atoms with van der Waals surface area (Å²) >= 11 is 0. The molecular weight excluding hydrogens is 500 g/mol. The van der Waals surface area contributed by atoms with E-state index in [2.05, 4.69) is 16.0 Å². The van der Waals surface area contributed by atoms with E-state index < -0.39 is 79.0 Å². The Bertz CT molecular complexity index is 974. The molecule has 0 saturated carbocycles. The van der Waals surface area contributed by atoms with Crippen molar-refractivity contribution in [2.45, 2.75) is 69.1 Å². The number of rotatable bonds is 18. The van der Waals surface area contributed by atoms with Crippen LogP contribution in [-0.4, -0.2) is 76.5 Å². The first-order valence-electron chi connectivity index (χ1n) is 12.1. The molecule has 0 aromatic heterocycles. The van der Waals surface area contributed by atoms with Gasteiger partial charge in [-0.25, -0.2) is 4.79 Å². The molecule has 0 spiro atoms. The fourth-order valence-corrected chi connectivity index (χ4v) is 3.46. The zero-order valence-electron chi connectivity index (χ0n) is 20.9. The van der Waals surface area contributed by atoms with Gasteiger partial charge in [-0.15, -0.1) is 0 Å². The molecular formula is C24H36N6O8. The van der Waals surface area contributed by atoms with Crippen LogP contribution in [0.25, 0.3) is 0 Å². The predicted molar refractivity (Wildman–Crippen MR) is 135 cm³/mol. The molecule has 1 aromatic rings. The van der Waals surface area contributed by atoms with Gasteiger partial charge in [0.05, 0.1) is 12.5 Å². The molecule has 0 bridgehead atoms. The number of hydrogen-bond acceptors (Lipinski definition) is 8. The van der Waals surface area contributed by atoms with Crippen molar-refractivity contribution in [1.82, 2.24) is 16.0 Å². The van der Waals surface area contributed by atoms with E-state index in [0.717, 1.165) is 0 Å². The zero-order chi connectivity index (χ0) is 28.7. The van der Waals surface area contributed by atoms with Gasteiger partial charge in [-0.1, -0.05) is 36.8 Å². The first-order valence-corrected chi connectivity index (χ1v) is 12.1. The number of hydrogen-bond donors (Lipinski definition) is 8. The molecule has 0 fully saturated rings. The second-order valence-electron chi connectivity index (χ2n) is 8.71. The molecule has 11 N–H and O–H groups in total. The van der Waals surface area contributed by atoms with Crippen LogP contribution in [0.5, 0.6) is 0 Å². The third-order valence-corrected chi connectivity index (χ3v) is 5.52. The molecule has 4 amide bonds. The molecule has 0 saturated heterocycles. The lowest BCUT2D eigenvalue weighted by Gasteiger charge is -2.25. The molecule has 1 aromatic carbocycles. The quantitative estimate of drug-likeness (QED) is 0.0953. The van der Waals surface area contributed by atoms with Crippen LogP contribution in [0.4, 0.5) is 0 Å². The number of carbonyl (C=O) groups is 6. The largest absolute Gasteiger partial charge is 0.481 e. The summed E-state index contributed by atoms with van der Waals surface area (Å²) in [5.74, 6) is -6.23. The molecule has 0 radical (unpaired) electrons. The number of amides is 4. The third kappa shape index (κ3) is 12.3. The summed E-state index contributed by atoms with van der Waals surface area (Å²) in [5, 5.41) is 25.1. The van der Waals surface area contributed by atoms with E-state index in [1.165, 1.54) is 0 Å². The Balaban J connectivity index is 3.07. The van der Waals surface area contributed by atoms with Gasteiger partial charge in [-0.2, -0.15) is 0 Å². The third-order valence-electron chi connectivity index (χ3n) is 5.52. The SMILES string of the molecule is NCCCCC(N)C(=O)NC(Cc1ccccc1)C(=O)NC(CC(N)=O)C(=O)NC(CCC(=O)O)C(=O)O. The molecule has 14 nitrogen and oxygen atoms in total. The van der Waals surface area contributed by atoms with Gasteiger partial charge in [0.1, 0.15) is 18.1 Å². The van der Waals surface area contributed by atoms with E-state index >= 15 is 0 Å². The van der Waals surface area contributed by atoms with Crippen molar-refractivity contribution in [2.24, 2.45) is 17.2 Å². The summed E-state index contributed by atoms with van der Waals surface area (Å²) in [6, 6.07) is 3.40. The molecule has 38 heavy (non-hydrogen) atoms. The highest BCUT2D eigenvalue weighted by Crippen LogP contribution is 2.07. The van der Waals surface area contributed by atoms with E-state index in [0.29, 0.717) is 31.4 Å². The Kier molecular flexibility index (Phi) is 14.0. The molecule has 0 aliphatic heterocycles. The second-order valence-corrected chi connectivity index (χ2v) is 8.71. The minimum absolute atomic E-state index is 0.0230. The fraction of sp³-hybridized carbons (Fsp3) is 0.500. The highest BCUT2D eigenvalue weighted by Gasteiger charge is 2.31. The van der Waals surface area contributed by atoms with Gasteiger partial charge in [0.2, 0.25) is 23.6 Å². The number of unbranched alkanes of at least 4 members (excludes halogenated alkanes) is 1. The average Bonchev–Trinajstić information content (AvgIpc) is 2.85. The Hall–Kier alpha value is -4.04. The van der Waals surface area contributed by atoms with Crippen molar-refractivity contribution < 1.29 is 39.0 Å². The van der Waals surface area contributed by atoms with Crippen LogP contribution in [-0.2, 0) is 35.2 Å². The van der Waals surface area contributed by atoms with Crippen LogP contribution >= 0.6 is 0 Å². The molecule has 0 aliphatic rings. The lowest BCUT2D eigenvalue weighted by Crippen LogP contribution is -2.58. The molecule has 14 heteroatoms. The standard InChI is InChI=1S/C24H36N6O8/c25-11-5-4-8-15(26)21(34)29-17(12-14-6-2-1-3-7-14)22(35)30-18(13-19(27)31)23(36)28-16(24(37)38)9-10-20(32)33/h1-3,6-7,15-18H,4-5,8-13,25-26H2,(H2,27,31)(H,28,36)(H,29,34)(H,30,35)(H,32,33)(H,37,38). The highest BCUT2D eigenvalue weighted by molar-refractivity contribution is 5.96. The van der Waals surface area contributed by atoms with Gasteiger partial charge < -0.3 is 43.4 Å². The molecule has 0 heterocycles. The fourth-order valence-electron chi connectivity index (χ4n) is 3.46. The number of nitrogens with one attached hydrogen (secondary N) is 3. The Morgan fingerprint density at radius 2 is 1.37 bits per heavy atom. The number of carboxylic acid groups (broad SMARTS) is 2. The van der Waals surface area contributed by atoms with Gasteiger partial charge in [-0.05, 0) is 31.4 Å². The number of carbonyl (C=O) groups excluding carboxylic acids is 4. The second kappa shape index (κ2) is 16.7. The first-order chi connectivity index (χ1) is 17.9. The maximum atomic E-state index is 13.2. The van der Waals surface area contributed by atoms with Crippen molar-refractivity contribution in [2.75, 3.05) is 6.54 Å². The number of primary amides is 1. The zero-order valence-corrected chi connectivity index (χ0v) is 20.9. The van der Waals surface area contributed by atoms with Crippen molar-refractivity contribution in [3.63, 3.8) is 0 Å². The lowest BCUT2D eigenvalue weighted by atomic mass is 10.0.